The number of aliphatic hydroxyl groups excluding tert-OH is 1. The summed E-state index contributed by atoms with van der Waals surface area (Å²) in [6, 6.07) is 7.15. The van der Waals surface area contributed by atoms with Gasteiger partial charge in [-0.1, -0.05) is 31.2 Å². The summed E-state index contributed by atoms with van der Waals surface area (Å²) in [7, 11) is 0. The fraction of sp³-hybridized carbons (Fsp3) is 0.562. The summed E-state index contributed by atoms with van der Waals surface area (Å²) >= 11 is 0. The molecule has 4 heteroatoms. The van der Waals surface area contributed by atoms with Gasteiger partial charge in [0.05, 0.1) is 12.1 Å². The third-order valence-corrected chi connectivity index (χ3v) is 3.52. The minimum atomic E-state index is -1.02. The van der Waals surface area contributed by atoms with E-state index in [-0.39, 0.29) is 0 Å². The van der Waals surface area contributed by atoms with Gasteiger partial charge in [-0.05, 0) is 45.2 Å². The van der Waals surface area contributed by atoms with E-state index in [1.807, 2.05) is 45.0 Å². The molecule has 0 aliphatic rings. The van der Waals surface area contributed by atoms with Gasteiger partial charge in [-0.25, -0.2) is 4.79 Å². The molecular formula is C16H25NO3. The number of nitrogens with zero attached hydrogens (tertiary/aromatic N) is 1. The highest BCUT2D eigenvalue weighted by atomic mass is 16.4. The van der Waals surface area contributed by atoms with Crippen molar-refractivity contribution < 1.29 is 15.0 Å². The van der Waals surface area contributed by atoms with E-state index in [2.05, 4.69) is 6.92 Å². The first-order valence-electron chi connectivity index (χ1n) is 6.97. The fourth-order valence-electron chi connectivity index (χ4n) is 2.44. The molecule has 0 saturated carbocycles. The molecule has 0 aromatic heterocycles. The van der Waals surface area contributed by atoms with Crippen molar-refractivity contribution in [3.63, 3.8) is 0 Å². The number of hydrogen-bond acceptors (Lipinski definition) is 2. The maximum atomic E-state index is 11.4. The second-order valence-corrected chi connectivity index (χ2v) is 6.10. The third-order valence-electron chi connectivity index (χ3n) is 3.52. The van der Waals surface area contributed by atoms with Crippen molar-refractivity contribution in [2.24, 2.45) is 0 Å². The van der Waals surface area contributed by atoms with Crippen LogP contribution in [0, 0.1) is 0 Å². The molecule has 0 bridgehead atoms. The van der Waals surface area contributed by atoms with E-state index in [1.165, 1.54) is 10.5 Å². The Labute approximate surface area is 121 Å². The first kappa shape index (κ1) is 16.5. The molecule has 0 saturated heterocycles. The molecule has 0 unspecified atom stereocenters. The Morgan fingerprint density at radius 1 is 1.25 bits per heavy atom. The SMILES string of the molecule is CCc1ccc([C@H](O)[C@H](C)N(C(=O)O)C(C)(C)C)cc1. The van der Waals surface area contributed by atoms with E-state index in [0.717, 1.165) is 12.0 Å². The van der Waals surface area contributed by atoms with Gasteiger partial charge in [0, 0.05) is 5.54 Å². The lowest BCUT2D eigenvalue weighted by Crippen LogP contribution is -2.52. The molecule has 112 valence electrons. The average molecular weight is 279 g/mol. The minimum Gasteiger partial charge on any atom is -0.465 e. The Hall–Kier alpha value is -1.55. The zero-order valence-corrected chi connectivity index (χ0v) is 12.9. The Morgan fingerprint density at radius 2 is 1.75 bits per heavy atom. The van der Waals surface area contributed by atoms with Crippen LogP contribution in [0.4, 0.5) is 4.79 Å². The first-order valence-corrected chi connectivity index (χ1v) is 6.97. The van der Waals surface area contributed by atoms with Crippen LogP contribution in [-0.4, -0.2) is 32.8 Å². The van der Waals surface area contributed by atoms with E-state index in [9.17, 15) is 15.0 Å². The van der Waals surface area contributed by atoms with Crippen molar-refractivity contribution in [2.45, 2.75) is 58.7 Å². The lowest BCUT2D eigenvalue weighted by Gasteiger charge is -2.40. The average Bonchev–Trinajstić information content (AvgIpc) is 2.35. The van der Waals surface area contributed by atoms with E-state index >= 15 is 0 Å². The quantitative estimate of drug-likeness (QED) is 0.887. The molecule has 0 heterocycles. The molecule has 1 amide bonds. The lowest BCUT2D eigenvalue weighted by atomic mass is 9.96. The Morgan fingerprint density at radius 3 is 2.10 bits per heavy atom. The first-order chi connectivity index (χ1) is 9.18. The summed E-state index contributed by atoms with van der Waals surface area (Å²) in [5.41, 5.74) is 1.37. The van der Waals surface area contributed by atoms with Crippen molar-refractivity contribution in [3.8, 4) is 0 Å². The van der Waals surface area contributed by atoms with Crippen molar-refractivity contribution >= 4 is 6.09 Å². The third kappa shape index (κ3) is 3.73. The van der Waals surface area contributed by atoms with Crippen LogP contribution in [0.2, 0.25) is 0 Å². The molecule has 4 nitrogen and oxygen atoms in total. The van der Waals surface area contributed by atoms with Crippen LogP contribution < -0.4 is 0 Å². The van der Waals surface area contributed by atoms with Gasteiger partial charge in [-0.15, -0.1) is 0 Å². The zero-order valence-electron chi connectivity index (χ0n) is 12.9. The van der Waals surface area contributed by atoms with Gasteiger partial charge in [-0.2, -0.15) is 0 Å². The molecule has 1 aromatic carbocycles. The van der Waals surface area contributed by atoms with Gasteiger partial charge in [-0.3, -0.25) is 4.90 Å². The molecule has 1 rings (SSSR count). The highest BCUT2D eigenvalue weighted by Crippen LogP contribution is 2.27. The molecular weight excluding hydrogens is 254 g/mol. The summed E-state index contributed by atoms with van der Waals surface area (Å²) in [5, 5.41) is 19.8. The number of amides is 1. The molecule has 2 N–H and O–H groups in total. The fourth-order valence-corrected chi connectivity index (χ4v) is 2.44. The summed E-state index contributed by atoms with van der Waals surface area (Å²) in [4.78, 5) is 12.7. The predicted molar refractivity (Wildman–Crippen MR) is 79.9 cm³/mol. The van der Waals surface area contributed by atoms with E-state index in [0.29, 0.717) is 0 Å². The van der Waals surface area contributed by atoms with Gasteiger partial charge in [0.15, 0.2) is 0 Å². The van der Waals surface area contributed by atoms with E-state index in [4.69, 9.17) is 0 Å². The molecule has 0 radical (unpaired) electrons. The highest BCUT2D eigenvalue weighted by Gasteiger charge is 2.34. The maximum absolute atomic E-state index is 11.4. The highest BCUT2D eigenvalue weighted by molar-refractivity contribution is 5.66. The summed E-state index contributed by atoms with van der Waals surface area (Å²) in [6.45, 7) is 9.27. The summed E-state index contributed by atoms with van der Waals surface area (Å²) < 4.78 is 0. The number of benzene rings is 1. The number of hydrogen-bond donors (Lipinski definition) is 2. The van der Waals surface area contributed by atoms with Crippen LogP contribution in [0.15, 0.2) is 24.3 Å². The van der Waals surface area contributed by atoms with Crippen LogP contribution in [0.5, 0.6) is 0 Å². The normalized spacial score (nSPS) is 14.7. The Bertz CT molecular complexity index is 448. The lowest BCUT2D eigenvalue weighted by molar-refractivity contribution is 0.0141. The second-order valence-electron chi connectivity index (χ2n) is 6.10. The summed E-state index contributed by atoms with van der Waals surface area (Å²) in [6.07, 6.45) is -0.916. The van der Waals surface area contributed by atoms with Crippen LogP contribution in [-0.2, 0) is 6.42 Å². The van der Waals surface area contributed by atoms with Crippen molar-refractivity contribution in [3.05, 3.63) is 35.4 Å². The second kappa shape index (κ2) is 6.27. The van der Waals surface area contributed by atoms with E-state index < -0.39 is 23.8 Å². The molecule has 1 aromatic rings. The molecule has 0 spiro atoms. The molecule has 2 atom stereocenters. The largest absolute Gasteiger partial charge is 0.465 e. The molecule has 20 heavy (non-hydrogen) atoms. The van der Waals surface area contributed by atoms with Gasteiger partial charge >= 0.3 is 6.09 Å². The molecule has 0 aliphatic heterocycles. The molecule has 0 fully saturated rings. The van der Waals surface area contributed by atoms with E-state index in [1.54, 1.807) is 6.92 Å². The number of carboxylic acid groups (broad SMARTS) is 1. The topological polar surface area (TPSA) is 60.8 Å². The van der Waals surface area contributed by atoms with Gasteiger partial charge in [0.2, 0.25) is 0 Å². The van der Waals surface area contributed by atoms with Crippen LogP contribution >= 0.6 is 0 Å². The van der Waals surface area contributed by atoms with Crippen LogP contribution in [0.3, 0.4) is 0 Å². The van der Waals surface area contributed by atoms with Crippen molar-refractivity contribution in [1.82, 2.24) is 4.90 Å². The maximum Gasteiger partial charge on any atom is 0.408 e. The zero-order chi connectivity index (χ0) is 15.5. The van der Waals surface area contributed by atoms with Crippen LogP contribution in [0.1, 0.15) is 51.8 Å². The minimum absolute atomic E-state index is 0.514. The van der Waals surface area contributed by atoms with Gasteiger partial charge < -0.3 is 10.2 Å². The summed E-state index contributed by atoms with van der Waals surface area (Å²) in [5.74, 6) is 0. The predicted octanol–water partition coefficient (Wildman–Crippen LogP) is 3.45. The van der Waals surface area contributed by atoms with Gasteiger partial charge in [0.1, 0.15) is 0 Å². The van der Waals surface area contributed by atoms with Crippen molar-refractivity contribution in [1.29, 1.82) is 0 Å². The standard InChI is InChI=1S/C16H25NO3/c1-6-12-7-9-13(10-8-12)14(18)11(2)17(15(19)20)16(3,4)5/h7-11,14,18H,6H2,1-5H3,(H,19,20)/t11-,14+/m0/s1. The van der Waals surface area contributed by atoms with Crippen LogP contribution in [0.25, 0.3) is 0 Å². The number of aliphatic hydroxyl groups is 1. The molecule has 0 aliphatic carbocycles. The number of carbonyl (C=O) groups is 1. The smallest absolute Gasteiger partial charge is 0.408 e. The van der Waals surface area contributed by atoms with Gasteiger partial charge in [0.25, 0.3) is 0 Å². The number of rotatable bonds is 4. The Kier molecular flexibility index (Phi) is 5.17. The number of aryl methyl sites for hydroxylation is 1. The monoisotopic (exact) mass is 279 g/mol. The Balaban J connectivity index is 2.98. The van der Waals surface area contributed by atoms with Crippen molar-refractivity contribution in [2.75, 3.05) is 0 Å².